The average molecular weight is 761 g/mol. The summed E-state index contributed by atoms with van der Waals surface area (Å²) in [5.41, 5.74) is 5.70. The average Bonchev–Trinajstić information content (AvgIpc) is 3.62. The number of hydrogen-bond donors (Lipinski definition) is 2. The monoisotopic (exact) mass is 760 g/mol. The molecule has 0 radical (unpaired) electrons. The predicted octanol–water partition coefficient (Wildman–Crippen LogP) is 7.54. The van der Waals surface area contributed by atoms with Crippen molar-refractivity contribution in [3.63, 3.8) is 0 Å². The first-order valence-corrected chi connectivity index (χ1v) is 19.0. The summed E-state index contributed by atoms with van der Waals surface area (Å²) < 4.78 is 14.0. The molecule has 1 amide bonds. The highest BCUT2D eigenvalue weighted by Gasteiger charge is 2.39. The van der Waals surface area contributed by atoms with Gasteiger partial charge in [-0.05, 0) is 89.0 Å². The minimum atomic E-state index is -1.50. The largest absolute Gasteiger partial charge is 0.479 e. The third-order valence-corrected chi connectivity index (χ3v) is 11.3. The number of hydrogen-bond acceptors (Lipinski definition) is 10. The molecule has 2 aromatic carbocycles. The van der Waals surface area contributed by atoms with Crippen molar-refractivity contribution in [3.05, 3.63) is 64.4 Å². The smallest absolute Gasteiger partial charge is 0.412 e. The van der Waals surface area contributed by atoms with Crippen molar-refractivity contribution in [2.45, 2.75) is 83.8 Å². The van der Waals surface area contributed by atoms with E-state index in [2.05, 4.69) is 11.0 Å². The van der Waals surface area contributed by atoms with Gasteiger partial charge in [-0.15, -0.1) is 11.3 Å². The third-order valence-electron chi connectivity index (χ3n) is 9.86. The van der Waals surface area contributed by atoms with Gasteiger partial charge < -0.3 is 24.6 Å². The van der Waals surface area contributed by atoms with Crippen molar-refractivity contribution in [2.24, 2.45) is 7.05 Å². The van der Waals surface area contributed by atoms with Gasteiger partial charge in [0.15, 0.2) is 11.8 Å². The maximum atomic E-state index is 12.8. The number of rotatable bonds is 8. The second-order valence-electron chi connectivity index (χ2n) is 15.6. The number of likely N-dealkylation sites (tertiary alicyclic amines) is 2. The molecular weight excluding hydrogens is 716 g/mol. The second kappa shape index (κ2) is 13.9. The lowest BCUT2D eigenvalue weighted by atomic mass is 9.90. The van der Waals surface area contributed by atoms with Crippen molar-refractivity contribution in [3.8, 4) is 21.7 Å². The fourth-order valence-electron chi connectivity index (χ4n) is 7.40. The van der Waals surface area contributed by atoms with E-state index in [1.807, 2.05) is 63.8 Å². The van der Waals surface area contributed by atoms with Gasteiger partial charge in [0.2, 0.25) is 5.79 Å². The summed E-state index contributed by atoms with van der Waals surface area (Å²) in [6.07, 6.45) is 2.00. The Morgan fingerprint density at radius 3 is 2.34 bits per heavy atom. The number of carbonyl (C=O) groups excluding carboxylic acids is 1. The number of benzene rings is 2. The zero-order chi connectivity index (χ0) is 38.0. The zero-order valence-electron chi connectivity index (χ0n) is 31.0. The lowest BCUT2D eigenvalue weighted by molar-refractivity contribution is -0.160. The van der Waals surface area contributed by atoms with Crippen LogP contribution in [-0.4, -0.2) is 95.4 Å². The van der Waals surface area contributed by atoms with E-state index in [0.717, 1.165) is 80.1 Å². The number of amides is 1. The van der Waals surface area contributed by atoms with Crippen molar-refractivity contribution in [1.82, 2.24) is 29.5 Å². The quantitative estimate of drug-likeness (QED) is 0.152. The summed E-state index contributed by atoms with van der Waals surface area (Å²) in [7, 11) is 1.92. The molecule has 3 aromatic heterocycles. The Hall–Kier alpha value is -4.14. The number of fused-ring (bicyclic) bond motifs is 2. The molecule has 14 heteroatoms. The summed E-state index contributed by atoms with van der Waals surface area (Å²) in [6.45, 7) is 13.3. The summed E-state index contributed by atoms with van der Waals surface area (Å²) in [5.74, 6) is -2.31. The highest BCUT2D eigenvalue weighted by Crippen LogP contribution is 2.45. The number of piperidine rings is 1. The number of ether oxygens (including phenoxy) is 2. The molecule has 12 nitrogen and oxygen atoms in total. The SMILES string of the molecule is Cc1cc2nc(-c3cnc4c(c3)c(C3CCN(C5CN(C(=O)OC(C)(C)O)C5)CC3)nn4C)sc2c(-c2ccc(Cl)cc2)c1[C@H](OC(C)(C)C)C(=O)O. The van der Waals surface area contributed by atoms with E-state index in [-0.39, 0.29) is 12.0 Å². The molecular formula is C39H45ClN6O6S. The standard InChI is InChI=1S/C39H45ClN6O6S/c1-21-16-28-33(30(22-8-10-25(40)11-9-22)29(21)32(36(47)48)51-38(2,3)4)53-35(42-28)24-17-27-31(43-44(7)34(27)41-18-24)23-12-14-45(15-13-23)26-19-46(20-26)37(49)52-39(5,6)50/h8-11,16-18,23,26,32,50H,12-15,19-20H2,1-7H3,(H,47,48)/t32-/m0/s1. The molecule has 2 aliphatic rings. The molecule has 0 aliphatic carbocycles. The molecule has 2 aliphatic heterocycles. The van der Waals surface area contributed by atoms with E-state index in [1.165, 1.54) is 25.2 Å². The fraction of sp³-hybridized carbons (Fsp3) is 0.462. The highest BCUT2D eigenvalue weighted by molar-refractivity contribution is 7.22. The molecule has 2 saturated heterocycles. The van der Waals surface area contributed by atoms with Crippen LogP contribution in [0.1, 0.15) is 76.3 Å². The molecule has 7 rings (SSSR count). The predicted molar refractivity (Wildman–Crippen MR) is 205 cm³/mol. The van der Waals surface area contributed by atoms with Gasteiger partial charge in [0, 0.05) is 79.2 Å². The van der Waals surface area contributed by atoms with Gasteiger partial charge in [-0.3, -0.25) is 9.58 Å². The Morgan fingerprint density at radius 2 is 1.72 bits per heavy atom. The van der Waals surface area contributed by atoms with Gasteiger partial charge in [-0.25, -0.2) is 19.6 Å². The molecule has 2 fully saturated rings. The van der Waals surface area contributed by atoms with Crippen LogP contribution in [0.5, 0.6) is 0 Å². The molecule has 0 bridgehead atoms. The fourth-order valence-corrected chi connectivity index (χ4v) is 8.63. The minimum Gasteiger partial charge on any atom is -0.479 e. The number of thiazole rings is 1. The number of nitrogens with zero attached hydrogens (tertiary/aromatic N) is 6. The third kappa shape index (κ3) is 7.63. The van der Waals surface area contributed by atoms with Crippen LogP contribution in [-0.2, 0) is 21.3 Å². The Morgan fingerprint density at radius 1 is 1.04 bits per heavy atom. The van der Waals surface area contributed by atoms with Crippen molar-refractivity contribution >= 4 is 56.3 Å². The lowest BCUT2D eigenvalue weighted by Gasteiger charge is -2.47. The van der Waals surface area contributed by atoms with Crippen LogP contribution < -0.4 is 0 Å². The summed E-state index contributed by atoms with van der Waals surface area (Å²) >= 11 is 7.79. The number of aliphatic hydroxyl groups is 1. The van der Waals surface area contributed by atoms with E-state index in [4.69, 9.17) is 36.1 Å². The Kier molecular flexibility index (Phi) is 9.77. The first kappa shape index (κ1) is 37.2. The summed E-state index contributed by atoms with van der Waals surface area (Å²) in [6, 6.07) is 11.8. The number of pyridine rings is 1. The van der Waals surface area contributed by atoms with Crippen LogP contribution in [0.2, 0.25) is 5.02 Å². The second-order valence-corrected chi connectivity index (χ2v) is 17.0. The van der Waals surface area contributed by atoms with E-state index in [9.17, 15) is 19.8 Å². The van der Waals surface area contributed by atoms with Crippen LogP contribution in [0.25, 0.3) is 42.9 Å². The molecule has 0 unspecified atom stereocenters. The maximum absolute atomic E-state index is 12.8. The lowest BCUT2D eigenvalue weighted by Crippen LogP contribution is -2.62. The minimum absolute atomic E-state index is 0.246. The van der Waals surface area contributed by atoms with Gasteiger partial charge in [0.05, 0.1) is 21.5 Å². The molecule has 5 aromatic rings. The van der Waals surface area contributed by atoms with E-state index >= 15 is 0 Å². The zero-order valence-corrected chi connectivity index (χ0v) is 32.6. The van der Waals surface area contributed by atoms with E-state index in [1.54, 1.807) is 17.0 Å². The molecule has 280 valence electrons. The molecule has 5 heterocycles. The first-order valence-electron chi connectivity index (χ1n) is 17.8. The van der Waals surface area contributed by atoms with Crippen LogP contribution >= 0.6 is 22.9 Å². The number of carboxylic acid groups (broad SMARTS) is 1. The number of halogens is 1. The topological polar surface area (TPSA) is 143 Å². The van der Waals surface area contributed by atoms with Gasteiger partial charge in [-0.2, -0.15) is 5.10 Å². The first-order chi connectivity index (χ1) is 25.0. The summed E-state index contributed by atoms with van der Waals surface area (Å²) in [4.78, 5) is 39.1. The van der Waals surface area contributed by atoms with Crippen molar-refractivity contribution < 1.29 is 29.3 Å². The summed E-state index contributed by atoms with van der Waals surface area (Å²) in [5, 5.41) is 27.6. The maximum Gasteiger partial charge on any atom is 0.412 e. The van der Waals surface area contributed by atoms with Gasteiger partial charge in [0.1, 0.15) is 5.01 Å². The van der Waals surface area contributed by atoms with Crippen molar-refractivity contribution in [1.29, 1.82) is 0 Å². The Bertz CT molecular complexity index is 2190. The van der Waals surface area contributed by atoms with Crippen molar-refractivity contribution in [2.75, 3.05) is 26.2 Å². The molecule has 2 N–H and O–H groups in total. The van der Waals surface area contributed by atoms with Gasteiger partial charge in [0.25, 0.3) is 0 Å². The molecule has 0 spiro atoms. The van der Waals surface area contributed by atoms with Gasteiger partial charge >= 0.3 is 12.1 Å². The molecule has 0 saturated carbocycles. The van der Waals surface area contributed by atoms with E-state index in [0.29, 0.717) is 23.7 Å². The highest BCUT2D eigenvalue weighted by atomic mass is 35.5. The van der Waals surface area contributed by atoms with Gasteiger partial charge in [-0.1, -0.05) is 23.7 Å². The van der Waals surface area contributed by atoms with E-state index < -0.39 is 29.6 Å². The normalized spacial score (nSPS) is 17.0. The number of aliphatic carboxylic acids is 1. The Balaban J connectivity index is 1.19. The van der Waals surface area contributed by atoms with Crippen LogP contribution in [0, 0.1) is 6.92 Å². The van der Waals surface area contributed by atoms with Crippen LogP contribution in [0.3, 0.4) is 0 Å². The van der Waals surface area contributed by atoms with Crippen LogP contribution in [0.15, 0.2) is 42.6 Å². The number of carboxylic acids is 1. The number of aryl methyl sites for hydroxylation is 2. The molecule has 53 heavy (non-hydrogen) atoms. The molecule has 1 atom stereocenters. The number of carbonyl (C=O) groups is 2. The Labute approximate surface area is 317 Å². The number of aromatic nitrogens is 4. The van der Waals surface area contributed by atoms with Crippen LogP contribution in [0.4, 0.5) is 4.79 Å².